The third-order valence-electron chi connectivity index (χ3n) is 5.32. The van der Waals surface area contributed by atoms with Crippen LogP contribution in [0.3, 0.4) is 0 Å². The van der Waals surface area contributed by atoms with Gasteiger partial charge in [0.15, 0.2) is 5.69 Å². The smallest absolute Gasteiger partial charge is 0.272 e. The molecular formula is C22H27N5O. The van der Waals surface area contributed by atoms with E-state index in [-0.39, 0.29) is 11.9 Å². The van der Waals surface area contributed by atoms with E-state index in [4.69, 9.17) is 0 Å². The molecule has 1 saturated heterocycles. The highest BCUT2D eigenvalue weighted by Crippen LogP contribution is 2.16. The van der Waals surface area contributed by atoms with Gasteiger partial charge in [0.1, 0.15) is 0 Å². The van der Waals surface area contributed by atoms with E-state index in [1.54, 1.807) is 0 Å². The van der Waals surface area contributed by atoms with E-state index in [1.807, 2.05) is 24.3 Å². The van der Waals surface area contributed by atoms with Crippen molar-refractivity contribution in [3.05, 3.63) is 65.4 Å². The van der Waals surface area contributed by atoms with Crippen molar-refractivity contribution >= 4 is 16.8 Å². The Labute approximate surface area is 165 Å². The highest BCUT2D eigenvalue weighted by molar-refractivity contribution is 6.04. The Hall–Kier alpha value is -2.70. The SMILES string of the molecule is Cc1cccc(CN2CCN(C)C[C@H](NC(=O)c3n[nH]c4ccccc34)C2)c1. The van der Waals surface area contributed by atoms with Crippen molar-refractivity contribution in [2.45, 2.75) is 19.5 Å². The molecular weight excluding hydrogens is 350 g/mol. The molecule has 6 heteroatoms. The van der Waals surface area contributed by atoms with Gasteiger partial charge in [-0.25, -0.2) is 0 Å². The molecule has 1 aliphatic heterocycles. The predicted octanol–water partition coefficient (Wildman–Crippen LogP) is 2.42. The molecule has 0 bridgehead atoms. The number of carbonyl (C=O) groups excluding carboxylic acids is 1. The molecule has 1 aromatic heterocycles. The number of fused-ring (bicyclic) bond motifs is 1. The molecule has 2 heterocycles. The number of likely N-dealkylation sites (N-methyl/N-ethyl adjacent to an activating group) is 1. The van der Waals surface area contributed by atoms with Crippen LogP contribution in [0, 0.1) is 6.92 Å². The molecule has 0 aliphatic carbocycles. The Morgan fingerprint density at radius 3 is 2.89 bits per heavy atom. The molecule has 28 heavy (non-hydrogen) atoms. The van der Waals surface area contributed by atoms with E-state index in [2.05, 4.69) is 63.6 Å². The number of hydrogen-bond acceptors (Lipinski definition) is 4. The van der Waals surface area contributed by atoms with Crippen molar-refractivity contribution in [3.8, 4) is 0 Å². The summed E-state index contributed by atoms with van der Waals surface area (Å²) in [5, 5.41) is 11.2. The highest BCUT2D eigenvalue weighted by atomic mass is 16.2. The van der Waals surface area contributed by atoms with Crippen LogP contribution < -0.4 is 5.32 Å². The maximum Gasteiger partial charge on any atom is 0.272 e. The number of hydrogen-bond donors (Lipinski definition) is 2. The number of para-hydroxylation sites is 1. The molecule has 3 aromatic rings. The molecule has 2 N–H and O–H groups in total. The molecule has 0 radical (unpaired) electrons. The number of benzene rings is 2. The van der Waals surface area contributed by atoms with Gasteiger partial charge in [-0.15, -0.1) is 0 Å². The second-order valence-electron chi connectivity index (χ2n) is 7.77. The van der Waals surface area contributed by atoms with E-state index in [1.165, 1.54) is 11.1 Å². The fraction of sp³-hybridized carbons (Fsp3) is 0.364. The standard InChI is InChI=1S/C22H27N5O/c1-16-6-5-7-17(12-16)13-27-11-10-26(2)14-18(15-27)23-22(28)21-19-8-3-4-9-20(19)24-25-21/h3-9,12,18H,10-11,13-15H2,1-2H3,(H,23,28)(H,24,25)/t18-/m0/s1. The summed E-state index contributed by atoms with van der Waals surface area (Å²) in [7, 11) is 2.11. The number of aromatic amines is 1. The van der Waals surface area contributed by atoms with Gasteiger partial charge in [-0.3, -0.25) is 14.8 Å². The minimum absolute atomic E-state index is 0.0558. The van der Waals surface area contributed by atoms with Crippen LogP contribution in [-0.4, -0.2) is 65.2 Å². The van der Waals surface area contributed by atoms with Gasteiger partial charge < -0.3 is 10.2 Å². The maximum absolute atomic E-state index is 12.9. The average Bonchev–Trinajstić information content (AvgIpc) is 3.02. The summed E-state index contributed by atoms with van der Waals surface area (Å²) in [5.41, 5.74) is 3.94. The molecule has 1 atom stereocenters. The molecule has 1 fully saturated rings. The van der Waals surface area contributed by atoms with Gasteiger partial charge in [0, 0.05) is 38.1 Å². The minimum Gasteiger partial charge on any atom is -0.345 e. The summed E-state index contributed by atoms with van der Waals surface area (Å²) >= 11 is 0. The Balaban J connectivity index is 1.47. The van der Waals surface area contributed by atoms with Crippen LogP contribution in [0.2, 0.25) is 0 Å². The predicted molar refractivity (Wildman–Crippen MR) is 111 cm³/mol. The Kier molecular flexibility index (Phi) is 5.41. The van der Waals surface area contributed by atoms with E-state index in [0.717, 1.165) is 43.6 Å². The summed E-state index contributed by atoms with van der Waals surface area (Å²) < 4.78 is 0. The summed E-state index contributed by atoms with van der Waals surface area (Å²) in [6.45, 7) is 6.65. The van der Waals surface area contributed by atoms with Gasteiger partial charge in [-0.1, -0.05) is 48.0 Å². The van der Waals surface area contributed by atoms with Crippen LogP contribution in [0.1, 0.15) is 21.6 Å². The number of amides is 1. The van der Waals surface area contributed by atoms with E-state index >= 15 is 0 Å². The fourth-order valence-electron chi connectivity index (χ4n) is 3.93. The number of H-pyrrole nitrogens is 1. The Morgan fingerprint density at radius 2 is 2.04 bits per heavy atom. The van der Waals surface area contributed by atoms with Crippen molar-refractivity contribution in [3.63, 3.8) is 0 Å². The second kappa shape index (κ2) is 8.12. The van der Waals surface area contributed by atoms with Gasteiger partial charge in [-0.05, 0) is 25.6 Å². The zero-order chi connectivity index (χ0) is 19.5. The summed E-state index contributed by atoms with van der Waals surface area (Å²) in [6, 6.07) is 16.4. The van der Waals surface area contributed by atoms with Crippen LogP contribution in [0.15, 0.2) is 48.5 Å². The fourth-order valence-corrected chi connectivity index (χ4v) is 3.93. The van der Waals surface area contributed by atoms with Crippen LogP contribution in [0.5, 0.6) is 0 Å². The average molecular weight is 377 g/mol. The molecule has 1 aliphatic rings. The van der Waals surface area contributed by atoms with Gasteiger partial charge >= 0.3 is 0 Å². The number of aromatic nitrogens is 2. The molecule has 6 nitrogen and oxygen atoms in total. The third kappa shape index (κ3) is 4.24. The normalized spacial score (nSPS) is 18.9. The molecule has 2 aromatic carbocycles. The van der Waals surface area contributed by atoms with Gasteiger partial charge in [0.25, 0.3) is 5.91 Å². The minimum atomic E-state index is -0.117. The maximum atomic E-state index is 12.9. The summed E-state index contributed by atoms with van der Waals surface area (Å²) in [5.74, 6) is -0.117. The van der Waals surface area contributed by atoms with Crippen molar-refractivity contribution in [2.24, 2.45) is 0 Å². The van der Waals surface area contributed by atoms with Crippen LogP contribution in [0.25, 0.3) is 10.9 Å². The van der Waals surface area contributed by atoms with E-state index in [0.29, 0.717) is 5.69 Å². The van der Waals surface area contributed by atoms with Crippen molar-refractivity contribution < 1.29 is 4.79 Å². The van der Waals surface area contributed by atoms with Gasteiger partial charge in [0.05, 0.1) is 11.6 Å². The highest BCUT2D eigenvalue weighted by Gasteiger charge is 2.24. The van der Waals surface area contributed by atoms with Crippen molar-refractivity contribution in [1.82, 2.24) is 25.3 Å². The molecule has 0 unspecified atom stereocenters. The van der Waals surface area contributed by atoms with E-state index < -0.39 is 0 Å². The first-order valence-electron chi connectivity index (χ1n) is 9.79. The van der Waals surface area contributed by atoms with Crippen LogP contribution >= 0.6 is 0 Å². The number of aryl methyl sites for hydroxylation is 1. The zero-order valence-electron chi connectivity index (χ0n) is 16.5. The number of rotatable bonds is 4. The topological polar surface area (TPSA) is 64.3 Å². The monoisotopic (exact) mass is 377 g/mol. The lowest BCUT2D eigenvalue weighted by Crippen LogP contribution is -2.46. The molecule has 1 amide bonds. The quantitative estimate of drug-likeness (QED) is 0.733. The first-order chi connectivity index (χ1) is 13.6. The number of carbonyl (C=O) groups is 1. The molecule has 0 spiro atoms. The lowest BCUT2D eigenvalue weighted by atomic mass is 10.1. The van der Waals surface area contributed by atoms with Crippen molar-refractivity contribution in [2.75, 3.05) is 33.2 Å². The van der Waals surface area contributed by atoms with E-state index in [9.17, 15) is 4.79 Å². The summed E-state index contributed by atoms with van der Waals surface area (Å²) in [6.07, 6.45) is 0. The lowest BCUT2D eigenvalue weighted by Gasteiger charge is -2.24. The lowest BCUT2D eigenvalue weighted by molar-refractivity contribution is 0.0920. The first-order valence-corrected chi connectivity index (χ1v) is 9.79. The molecule has 4 rings (SSSR count). The van der Waals surface area contributed by atoms with Gasteiger partial charge in [-0.2, -0.15) is 5.10 Å². The number of nitrogens with zero attached hydrogens (tertiary/aromatic N) is 3. The number of nitrogens with one attached hydrogen (secondary N) is 2. The van der Waals surface area contributed by atoms with Gasteiger partial charge in [0.2, 0.25) is 0 Å². The second-order valence-corrected chi connectivity index (χ2v) is 7.77. The third-order valence-corrected chi connectivity index (χ3v) is 5.32. The molecule has 146 valence electrons. The Morgan fingerprint density at radius 1 is 1.18 bits per heavy atom. The Bertz CT molecular complexity index is 966. The zero-order valence-corrected chi connectivity index (χ0v) is 16.5. The van der Waals surface area contributed by atoms with Crippen molar-refractivity contribution in [1.29, 1.82) is 0 Å². The van der Waals surface area contributed by atoms with Crippen LogP contribution in [-0.2, 0) is 6.54 Å². The first kappa shape index (κ1) is 18.7. The molecule has 0 saturated carbocycles. The largest absolute Gasteiger partial charge is 0.345 e. The van der Waals surface area contributed by atoms with Crippen LogP contribution in [0.4, 0.5) is 0 Å². The summed E-state index contributed by atoms with van der Waals surface area (Å²) in [4.78, 5) is 17.6.